The summed E-state index contributed by atoms with van der Waals surface area (Å²) in [6, 6.07) is 0. The molecular weight excluding hydrogens is 182 g/mol. The SMILES string of the molecule is CC(C)C(=O)OC1C[N+](C)(C)CCO1. The average molecular weight is 202 g/mol. The highest BCUT2D eigenvalue weighted by Gasteiger charge is 2.31. The lowest BCUT2D eigenvalue weighted by atomic mass is 10.2. The Kier molecular flexibility index (Phi) is 3.50. The van der Waals surface area contributed by atoms with Gasteiger partial charge in [0, 0.05) is 0 Å². The van der Waals surface area contributed by atoms with E-state index in [1.807, 2.05) is 13.8 Å². The van der Waals surface area contributed by atoms with Gasteiger partial charge in [0.1, 0.15) is 19.7 Å². The monoisotopic (exact) mass is 202 g/mol. The highest BCUT2D eigenvalue weighted by molar-refractivity contribution is 5.71. The van der Waals surface area contributed by atoms with E-state index in [2.05, 4.69) is 14.1 Å². The molecule has 1 fully saturated rings. The molecule has 4 heteroatoms. The maximum absolute atomic E-state index is 11.3. The fourth-order valence-electron chi connectivity index (χ4n) is 1.32. The van der Waals surface area contributed by atoms with Gasteiger partial charge in [-0.25, -0.2) is 0 Å². The average Bonchev–Trinajstić information content (AvgIpc) is 2.01. The van der Waals surface area contributed by atoms with Crippen LogP contribution in [0.25, 0.3) is 0 Å². The van der Waals surface area contributed by atoms with Gasteiger partial charge in [0.2, 0.25) is 0 Å². The Morgan fingerprint density at radius 3 is 2.64 bits per heavy atom. The van der Waals surface area contributed by atoms with Crippen LogP contribution in [0.5, 0.6) is 0 Å². The van der Waals surface area contributed by atoms with E-state index in [9.17, 15) is 4.79 Å². The van der Waals surface area contributed by atoms with Crippen molar-refractivity contribution in [3.8, 4) is 0 Å². The second-order valence-electron chi connectivity index (χ2n) is 4.73. The van der Waals surface area contributed by atoms with E-state index in [1.165, 1.54) is 0 Å². The molecule has 4 nitrogen and oxygen atoms in total. The van der Waals surface area contributed by atoms with Crippen LogP contribution in [0.15, 0.2) is 0 Å². The molecule has 1 saturated heterocycles. The molecule has 1 rings (SSSR count). The zero-order chi connectivity index (χ0) is 10.8. The molecule has 0 aromatic heterocycles. The number of ether oxygens (including phenoxy) is 2. The van der Waals surface area contributed by atoms with Crippen LogP contribution in [0.4, 0.5) is 0 Å². The first kappa shape index (κ1) is 11.5. The van der Waals surface area contributed by atoms with Crippen LogP contribution in [-0.2, 0) is 14.3 Å². The third-order valence-corrected chi connectivity index (χ3v) is 2.36. The summed E-state index contributed by atoms with van der Waals surface area (Å²) in [6.45, 7) is 6.01. The maximum Gasteiger partial charge on any atom is 0.310 e. The molecule has 0 spiro atoms. The number of likely N-dealkylation sites (N-methyl/N-ethyl adjacent to an activating group) is 1. The molecule has 0 aliphatic carbocycles. The number of hydrogen-bond donors (Lipinski definition) is 0. The fraction of sp³-hybridized carbons (Fsp3) is 0.900. The Morgan fingerprint density at radius 2 is 2.14 bits per heavy atom. The Labute approximate surface area is 85.4 Å². The second kappa shape index (κ2) is 4.28. The number of quaternary nitrogens is 1. The topological polar surface area (TPSA) is 35.5 Å². The minimum Gasteiger partial charge on any atom is -0.429 e. The summed E-state index contributed by atoms with van der Waals surface area (Å²) in [5.74, 6) is -0.270. The molecule has 1 heterocycles. The van der Waals surface area contributed by atoms with Crippen LogP contribution in [0.3, 0.4) is 0 Å². The Morgan fingerprint density at radius 1 is 1.50 bits per heavy atom. The van der Waals surface area contributed by atoms with E-state index < -0.39 is 0 Å². The van der Waals surface area contributed by atoms with E-state index in [4.69, 9.17) is 9.47 Å². The van der Waals surface area contributed by atoms with Crippen molar-refractivity contribution in [3.63, 3.8) is 0 Å². The predicted octanol–water partition coefficient (Wildman–Crippen LogP) is 0.618. The van der Waals surface area contributed by atoms with Gasteiger partial charge in [0.05, 0.1) is 20.0 Å². The zero-order valence-electron chi connectivity index (χ0n) is 9.45. The van der Waals surface area contributed by atoms with E-state index in [0.29, 0.717) is 6.61 Å². The minimum absolute atomic E-state index is 0.0869. The fourth-order valence-corrected chi connectivity index (χ4v) is 1.32. The molecule has 0 bridgehead atoms. The number of carbonyl (C=O) groups excluding carboxylic acids is 1. The van der Waals surface area contributed by atoms with Crippen LogP contribution in [-0.4, -0.2) is 50.5 Å². The van der Waals surface area contributed by atoms with Crippen molar-refractivity contribution in [1.82, 2.24) is 0 Å². The van der Waals surface area contributed by atoms with E-state index in [0.717, 1.165) is 17.6 Å². The third-order valence-electron chi connectivity index (χ3n) is 2.36. The Bertz CT molecular complexity index is 213. The Balaban J connectivity index is 2.42. The number of esters is 1. The van der Waals surface area contributed by atoms with Crippen molar-refractivity contribution in [2.24, 2.45) is 5.92 Å². The smallest absolute Gasteiger partial charge is 0.310 e. The lowest BCUT2D eigenvalue weighted by Gasteiger charge is -2.37. The molecule has 82 valence electrons. The number of nitrogens with zero attached hydrogens (tertiary/aromatic N) is 1. The van der Waals surface area contributed by atoms with Gasteiger partial charge < -0.3 is 14.0 Å². The molecule has 0 saturated carbocycles. The first-order valence-electron chi connectivity index (χ1n) is 5.05. The standard InChI is InChI=1S/C10H20NO3/c1-8(2)10(12)14-9-7-11(3,4)5-6-13-9/h8-9H,5-7H2,1-4H3/q+1. The van der Waals surface area contributed by atoms with Crippen molar-refractivity contribution in [2.45, 2.75) is 20.1 Å². The molecular formula is C10H20NO3+. The first-order chi connectivity index (χ1) is 6.41. The molecule has 0 N–H and O–H groups in total. The summed E-state index contributed by atoms with van der Waals surface area (Å²) in [5.41, 5.74) is 0. The van der Waals surface area contributed by atoms with Crippen molar-refractivity contribution < 1.29 is 18.8 Å². The maximum atomic E-state index is 11.3. The second-order valence-corrected chi connectivity index (χ2v) is 4.73. The lowest BCUT2D eigenvalue weighted by Crippen LogP contribution is -2.53. The van der Waals surface area contributed by atoms with Crippen molar-refractivity contribution in [1.29, 1.82) is 0 Å². The summed E-state index contributed by atoms with van der Waals surface area (Å²) < 4.78 is 11.4. The van der Waals surface area contributed by atoms with E-state index >= 15 is 0 Å². The van der Waals surface area contributed by atoms with Crippen LogP contribution < -0.4 is 0 Å². The van der Waals surface area contributed by atoms with Crippen LogP contribution in [0.1, 0.15) is 13.8 Å². The molecule has 0 aromatic rings. The highest BCUT2D eigenvalue weighted by Crippen LogP contribution is 2.12. The summed E-state index contributed by atoms with van der Waals surface area (Å²) >= 11 is 0. The number of hydrogen-bond acceptors (Lipinski definition) is 3. The predicted molar refractivity (Wildman–Crippen MR) is 52.5 cm³/mol. The van der Waals surface area contributed by atoms with Crippen molar-refractivity contribution >= 4 is 5.97 Å². The number of rotatable bonds is 2. The van der Waals surface area contributed by atoms with Crippen LogP contribution in [0, 0.1) is 5.92 Å². The molecule has 1 aliphatic rings. The lowest BCUT2D eigenvalue weighted by molar-refractivity contribution is -0.905. The minimum atomic E-state index is -0.367. The first-order valence-corrected chi connectivity index (χ1v) is 5.05. The van der Waals surface area contributed by atoms with Crippen LogP contribution in [0.2, 0.25) is 0 Å². The number of morpholine rings is 1. The molecule has 1 aliphatic heterocycles. The third kappa shape index (κ3) is 3.27. The quantitative estimate of drug-likeness (QED) is 0.486. The normalized spacial score (nSPS) is 26.2. The summed E-state index contributed by atoms with van der Waals surface area (Å²) in [6.07, 6.45) is -0.367. The Hall–Kier alpha value is -0.610. The molecule has 0 radical (unpaired) electrons. The van der Waals surface area contributed by atoms with Gasteiger partial charge in [-0.3, -0.25) is 4.79 Å². The van der Waals surface area contributed by atoms with Crippen molar-refractivity contribution in [2.75, 3.05) is 33.8 Å². The number of carbonyl (C=O) groups is 1. The van der Waals surface area contributed by atoms with Crippen LogP contribution >= 0.6 is 0 Å². The molecule has 1 atom stereocenters. The largest absolute Gasteiger partial charge is 0.429 e. The van der Waals surface area contributed by atoms with E-state index in [-0.39, 0.29) is 18.2 Å². The van der Waals surface area contributed by atoms with Gasteiger partial charge in [0.25, 0.3) is 6.29 Å². The molecule has 0 aromatic carbocycles. The van der Waals surface area contributed by atoms with Gasteiger partial charge in [-0.1, -0.05) is 13.8 Å². The zero-order valence-corrected chi connectivity index (χ0v) is 9.45. The van der Waals surface area contributed by atoms with Crippen molar-refractivity contribution in [3.05, 3.63) is 0 Å². The summed E-state index contributed by atoms with van der Waals surface area (Å²) in [4.78, 5) is 11.3. The van der Waals surface area contributed by atoms with Gasteiger partial charge in [-0.05, 0) is 0 Å². The summed E-state index contributed by atoms with van der Waals surface area (Å²) in [5, 5.41) is 0. The van der Waals surface area contributed by atoms with Gasteiger partial charge in [0.15, 0.2) is 0 Å². The molecule has 0 amide bonds. The van der Waals surface area contributed by atoms with Gasteiger partial charge in [-0.2, -0.15) is 0 Å². The van der Waals surface area contributed by atoms with E-state index in [1.54, 1.807) is 0 Å². The summed E-state index contributed by atoms with van der Waals surface area (Å²) in [7, 11) is 4.22. The molecule has 14 heavy (non-hydrogen) atoms. The highest BCUT2D eigenvalue weighted by atomic mass is 16.7. The van der Waals surface area contributed by atoms with Gasteiger partial charge in [-0.15, -0.1) is 0 Å². The molecule has 1 unspecified atom stereocenters. The van der Waals surface area contributed by atoms with Gasteiger partial charge >= 0.3 is 5.97 Å².